The lowest BCUT2D eigenvalue weighted by atomic mass is 10.2. The van der Waals surface area contributed by atoms with Gasteiger partial charge in [-0.1, -0.05) is 12.1 Å². The molecule has 1 aromatic heterocycles. The number of esters is 1. The van der Waals surface area contributed by atoms with Crippen LogP contribution in [0.5, 0.6) is 0 Å². The SMILES string of the molecule is CCOC(=O)c1ccccc1NC(=O)CN1CCN(c2nccs2)CC1. The molecule has 1 saturated heterocycles. The number of rotatable bonds is 6. The molecule has 1 aliphatic heterocycles. The zero-order chi connectivity index (χ0) is 18.4. The largest absolute Gasteiger partial charge is 0.462 e. The van der Waals surface area contributed by atoms with Gasteiger partial charge in [-0.3, -0.25) is 9.69 Å². The molecule has 0 bridgehead atoms. The van der Waals surface area contributed by atoms with E-state index in [1.54, 1.807) is 48.7 Å². The number of hydrogen-bond acceptors (Lipinski definition) is 7. The number of para-hydroxylation sites is 1. The van der Waals surface area contributed by atoms with Crippen molar-refractivity contribution >= 4 is 34.0 Å². The van der Waals surface area contributed by atoms with E-state index in [2.05, 4.69) is 20.1 Å². The first kappa shape index (κ1) is 18.3. The van der Waals surface area contributed by atoms with Crippen LogP contribution in [0.4, 0.5) is 10.8 Å². The predicted molar refractivity (Wildman–Crippen MR) is 102 cm³/mol. The summed E-state index contributed by atoms with van der Waals surface area (Å²) < 4.78 is 5.04. The zero-order valence-electron chi connectivity index (χ0n) is 14.7. The van der Waals surface area contributed by atoms with E-state index in [4.69, 9.17) is 4.74 Å². The monoisotopic (exact) mass is 374 g/mol. The van der Waals surface area contributed by atoms with Gasteiger partial charge in [-0.2, -0.15) is 0 Å². The van der Waals surface area contributed by atoms with E-state index in [-0.39, 0.29) is 5.91 Å². The van der Waals surface area contributed by atoms with Crippen molar-refractivity contribution < 1.29 is 14.3 Å². The average molecular weight is 374 g/mol. The number of amides is 1. The van der Waals surface area contributed by atoms with Gasteiger partial charge in [0.25, 0.3) is 0 Å². The minimum Gasteiger partial charge on any atom is -0.462 e. The summed E-state index contributed by atoms with van der Waals surface area (Å²) in [5.74, 6) is -0.565. The number of carbonyl (C=O) groups is 2. The van der Waals surface area contributed by atoms with Crippen molar-refractivity contribution in [3.63, 3.8) is 0 Å². The van der Waals surface area contributed by atoms with Crippen LogP contribution in [-0.4, -0.2) is 61.1 Å². The lowest BCUT2D eigenvalue weighted by Crippen LogP contribution is -2.48. The van der Waals surface area contributed by atoms with Crippen LogP contribution in [0.2, 0.25) is 0 Å². The summed E-state index contributed by atoms with van der Waals surface area (Å²) in [6.07, 6.45) is 1.81. The smallest absolute Gasteiger partial charge is 0.340 e. The number of hydrogen-bond donors (Lipinski definition) is 1. The number of benzene rings is 1. The molecule has 3 rings (SSSR count). The number of aromatic nitrogens is 1. The topological polar surface area (TPSA) is 74.8 Å². The molecule has 2 heterocycles. The summed E-state index contributed by atoms with van der Waals surface area (Å²) in [5, 5.41) is 5.82. The zero-order valence-corrected chi connectivity index (χ0v) is 15.5. The highest BCUT2D eigenvalue weighted by atomic mass is 32.1. The van der Waals surface area contributed by atoms with Crippen molar-refractivity contribution in [2.75, 3.05) is 49.5 Å². The Balaban J connectivity index is 1.53. The van der Waals surface area contributed by atoms with E-state index in [1.807, 2.05) is 5.38 Å². The van der Waals surface area contributed by atoms with Gasteiger partial charge in [0.1, 0.15) is 0 Å². The van der Waals surface area contributed by atoms with E-state index in [0.29, 0.717) is 24.4 Å². The molecule has 2 aromatic rings. The first-order valence-corrected chi connectivity index (χ1v) is 9.48. The Kier molecular flexibility index (Phi) is 6.19. The molecule has 26 heavy (non-hydrogen) atoms. The average Bonchev–Trinajstić information content (AvgIpc) is 3.17. The van der Waals surface area contributed by atoms with E-state index in [9.17, 15) is 9.59 Å². The Morgan fingerprint density at radius 1 is 1.23 bits per heavy atom. The van der Waals surface area contributed by atoms with Crippen LogP contribution in [-0.2, 0) is 9.53 Å². The maximum atomic E-state index is 12.4. The third-order valence-corrected chi connectivity index (χ3v) is 4.96. The maximum Gasteiger partial charge on any atom is 0.340 e. The van der Waals surface area contributed by atoms with Gasteiger partial charge < -0.3 is 15.0 Å². The standard InChI is InChI=1S/C18H22N4O3S/c1-2-25-17(24)14-5-3-4-6-15(14)20-16(23)13-21-8-10-22(11-9-21)18-19-7-12-26-18/h3-7,12H,2,8-11,13H2,1H3,(H,20,23). The van der Waals surface area contributed by atoms with Gasteiger partial charge >= 0.3 is 5.97 Å². The van der Waals surface area contributed by atoms with Gasteiger partial charge in [0.15, 0.2) is 5.13 Å². The molecule has 1 aliphatic rings. The van der Waals surface area contributed by atoms with Gasteiger partial charge in [0.2, 0.25) is 5.91 Å². The lowest BCUT2D eigenvalue weighted by molar-refractivity contribution is -0.117. The van der Waals surface area contributed by atoms with Crippen LogP contribution in [0.1, 0.15) is 17.3 Å². The highest BCUT2D eigenvalue weighted by Gasteiger charge is 2.21. The fourth-order valence-electron chi connectivity index (χ4n) is 2.84. The molecule has 1 N–H and O–H groups in total. The number of anilines is 2. The molecule has 0 spiro atoms. The Hall–Kier alpha value is -2.45. The summed E-state index contributed by atoms with van der Waals surface area (Å²) in [5.41, 5.74) is 0.855. The minimum atomic E-state index is -0.430. The lowest BCUT2D eigenvalue weighted by Gasteiger charge is -2.34. The van der Waals surface area contributed by atoms with Gasteiger partial charge in [-0.25, -0.2) is 9.78 Å². The quantitative estimate of drug-likeness (QED) is 0.781. The van der Waals surface area contributed by atoms with Gasteiger partial charge in [-0.15, -0.1) is 11.3 Å². The van der Waals surface area contributed by atoms with E-state index in [1.165, 1.54) is 0 Å². The van der Waals surface area contributed by atoms with Crippen LogP contribution in [0.15, 0.2) is 35.8 Å². The molecule has 1 amide bonds. The van der Waals surface area contributed by atoms with Crippen LogP contribution < -0.4 is 10.2 Å². The Morgan fingerprint density at radius 2 is 2.00 bits per heavy atom. The summed E-state index contributed by atoms with van der Waals surface area (Å²) in [7, 11) is 0. The molecule has 8 heteroatoms. The summed E-state index contributed by atoms with van der Waals surface area (Å²) in [4.78, 5) is 33.0. The second-order valence-electron chi connectivity index (χ2n) is 5.89. The fourth-order valence-corrected chi connectivity index (χ4v) is 3.54. The fraction of sp³-hybridized carbons (Fsp3) is 0.389. The second-order valence-corrected chi connectivity index (χ2v) is 6.77. The maximum absolute atomic E-state index is 12.4. The highest BCUT2D eigenvalue weighted by Crippen LogP contribution is 2.19. The van der Waals surface area contributed by atoms with Crippen LogP contribution in [0, 0.1) is 0 Å². The molecule has 0 aliphatic carbocycles. The van der Waals surface area contributed by atoms with Crippen LogP contribution in [0.25, 0.3) is 0 Å². The van der Waals surface area contributed by atoms with Crippen molar-refractivity contribution in [2.24, 2.45) is 0 Å². The molecule has 0 radical (unpaired) electrons. The summed E-state index contributed by atoms with van der Waals surface area (Å²) >= 11 is 1.63. The summed E-state index contributed by atoms with van der Waals surface area (Å²) in [6.45, 7) is 5.64. The van der Waals surface area contributed by atoms with E-state index in [0.717, 1.165) is 31.3 Å². The van der Waals surface area contributed by atoms with E-state index >= 15 is 0 Å². The second kappa shape index (κ2) is 8.77. The van der Waals surface area contributed by atoms with Crippen molar-refractivity contribution in [1.29, 1.82) is 0 Å². The molecule has 138 valence electrons. The number of nitrogens with one attached hydrogen (secondary N) is 1. The molecular weight excluding hydrogens is 352 g/mol. The van der Waals surface area contributed by atoms with E-state index < -0.39 is 5.97 Å². The first-order valence-electron chi connectivity index (χ1n) is 8.60. The van der Waals surface area contributed by atoms with Crippen molar-refractivity contribution in [3.05, 3.63) is 41.4 Å². The Labute approximate surface area is 156 Å². The number of carbonyl (C=O) groups excluding carboxylic acids is 2. The van der Waals surface area contributed by atoms with Gasteiger partial charge in [0, 0.05) is 37.8 Å². The van der Waals surface area contributed by atoms with Crippen molar-refractivity contribution in [3.8, 4) is 0 Å². The molecular formula is C18H22N4O3S. The third kappa shape index (κ3) is 4.59. The predicted octanol–water partition coefficient (Wildman–Crippen LogP) is 2.08. The Bertz CT molecular complexity index is 743. The summed E-state index contributed by atoms with van der Waals surface area (Å²) in [6, 6.07) is 6.90. The van der Waals surface area contributed by atoms with Crippen LogP contribution in [0.3, 0.4) is 0 Å². The normalized spacial score (nSPS) is 14.9. The first-order chi connectivity index (χ1) is 12.7. The number of thiazole rings is 1. The molecule has 1 fully saturated rings. The van der Waals surface area contributed by atoms with Gasteiger partial charge in [0.05, 0.1) is 24.4 Å². The van der Waals surface area contributed by atoms with Crippen molar-refractivity contribution in [1.82, 2.24) is 9.88 Å². The van der Waals surface area contributed by atoms with Gasteiger partial charge in [-0.05, 0) is 19.1 Å². The van der Waals surface area contributed by atoms with Crippen molar-refractivity contribution in [2.45, 2.75) is 6.92 Å². The molecule has 0 atom stereocenters. The number of piperazine rings is 1. The minimum absolute atomic E-state index is 0.135. The number of ether oxygens (including phenoxy) is 1. The third-order valence-electron chi connectivity index (χ3n) is 4.13. The Morgan fingerprint density at radius 3 is 2.69 bits per heavy atom. The molecule has 7 nitrogen and oxygen atoms in total. The molecule has 0 saturated carbocycles. The number of nitrogens with zero attached hydrogens (tertiary/aromatic N) is 3. The highest BCUT2D eigenvalue weighted by molar-refractivity contribution is 7.13. The van der Waals surface area contributed by atoms with Crippen LogP contribution >= 0.6 is 11.3 Å². The molecule has 1 aromatic carbocycles. The molecule has 0 unspecified atom stereocenters.